The Morgan fingerprint density at radius 3 is 2.71 bits per heavy atom. The van der Waals surface area contributed by atoms with Gasteiger partial charge in [-0.1, -0.05) is 48.3 Å². The zero-order valence-electron chi connectivity index (χ0n) is 23.3. The minimum absolute atomic E-state index is 0.392. The number of nitrogens with two attached hydrogens (primary N) is 1. The molecule has 0 saturated heterocycles. The number of hydrogen-bond donors (Lipinski definition) is 4. The van der Waals surface area contributed by atoms with E-state index in [9.17, 15) is 4.79 Å². The van der Waals surface area contributed by atoms with Crippen molar-refractivity contribution in [3.05, 3.63) is 84.1 Å². The SMILES string of the molecule is CCCN1CCC=C(c2ccc(Nc3nc(Nc4cc5ccccc5cc4C(N)=O)c4cc[nH]c4[nH+]3)c(OC)c2)C1. The molecule has 0 bridgehead atoms. The molecule has 2 aromatic heterocycles. The molecule has 0 aliphatic carbocycles. The van der Waals surface area contributed by atoms with Crippen LogP contribution in [0.25, 0.3) is 27.4 Å². The van der Waals surface area contributed by atoms with Gasteiger partial charge in [0, 0.05) is 19.3 Å². The van der Waals surface area contributed by atoms with Crippen molar-refractivity contribution in [2.75, 3.05) is 37.4 Å². The fraction of sp³-hybridized carbons (Fsp3) is 0.219. The number of primary amides is 1. The third kappa shape index (κ3) is 5.44. The van der Waals surface area contributed by atoms with Crippen LogP contribution in [0.1, 0.15) is 35.7 Å². The number of carbonyl (C=O) groups is 1. The summed E-state index contributed by atoms with van der Waals surface area (Å²) in [6.07, 6.45) is 6.36. The molecule has 0 fully saturated rings. The number of H-pyrrole nitrogens is 2. The average Bonchev–Trinajstić information content (AvgIpc) is 3.46. The van der Waals surface area contributed by atoms with Gasteiger partial charge in [0.15, 0.2) is 5.75 Å². The number of ether oxygens (including phenoxy) is 1. The first-order valence-corrected chi connectivity index (χ1v) is 13.9. The molecule has 1 amide bonds. The topological polar surface area (TPSA) is 122 Å². The summed E-state index contributed by atoms with van der Waals surface area (Å²) in [4.78, 5) is 26.2. The number of anilines is 4. The lowest BCUT2D eigenvalue weighted by atomic mass is 10.00. The van der Waals surface area contributed by atoms with Crippen molar-refractivity contribution in [1.29, 1.82) is 0 Å². The van der Waals surface area contributed by atoms with Crippen molar-refractivity contribution in [3.8, 4) is 5.75 Å². The summed E-state index contributed by atoms with van der Waals surface area (Å²) < 4.78 is 5.78. The monoisotopic (exact) mass is 548 g/mol. The normalized spacial score (nSPS) is 13.8. The van der Waals surface area contributed by atoms with E-state index in [2.05, 4.69) is 50.6 Å². The maximum absolute atomic E-state index is 12.4. The van der Waals surface area contributed by atoms with Crippen molar-refractivity contribution in [3.63, 3.8) is 0 Å². The molecule has 0 radical (unpaired) electrons. The number of methoxy groups -OCH3 is 1. The number of aromatic amines is 2. The number of carbonyl (C=O) groups excluding carboxylic acids is 1. The molecule has 1 aliphatic rings. The Morgan fingerprint density at radius 1 is 1.10 bits per heavy atom. The number of nitrogens with one attached hydrogen (secondary N) is 4. The minimum atomic E-state index is -0.514. The molecule has 1 aliphatic heterocycles. The first-order valence-electron chi connectivity index (χ1n) is 13.9. The first-order chi connectivity index (χ1) is 20.0. The third-order valence-electron chi connectivity index (χ3n) is 7.47. The van der Waals surface area contributed by atoms with Crippen LogP contribution in [0.3, 0.4) is 0 Å². The molecule has 0 spiro atoms. The Morgan fingerprint density at radius 2 is 1.93 bits per heavy atom. The summed E-state index contributed by atoms with van der Waals surface area (Å²) in [6.45, 7) is 5.37. The second-order valence-electron chi connectivity index (χ2n) is 10.3. The van der Waals surface area contributed by atoms with Crippen LogP contribution in [0.5, 0.6) is 5.75 Å². The van der Waals surface area contributed by atoms with E-state index in [0.29, 0.717) is 23.0 Å². The highest BCUT2D eigenvalue weighted by atomic mass is 16.5. The molecule has 0 saturated carbocycles. The van der Waals surface area contributed by atoms with Crippen LogP contribution in [0.2, 0.25) is 0 Å². The van der Waals surface area contributed by atoms with E-state index in [-0.39, 0.29) is 0 Å². The summed E-state index contributed by atoms with van der Waals surface area (Å²) in [5.74, 6) is 1.28. The fourth-order valence-electron chi connectivity index (χ4n) is 5.46. The average molecular weight is 549 g/mol. The molecular weight excluding hydrogens is 514 g/mol. The molecule has 208 valence electrons. The van der Waals surface area contributed by atoms with Gasteiger partial charge in [0.05, 0.1) is 23.7 Å². The Balaban J connectivity index is 1.32. The summed E-state index contributed by atoms with van der Waals surface area (Å²) in [5.41, 5.74) is 10.8. The lowest BCUT2D eigenvalue weighted by Gasteiger charge is -2.27. The van der Waals surface area contributed by atoms with Gasteiger partial charge in [-0.05, 0) is 71.6 Å². The van der Waals surface area contributed by atoms with E-state index in [0.717, 1.165) is 71.3 Å². The van der Waals surface area contributed by atoms with E-state index in [1.807, 2.05) is 48.7 Å². The highest BCUT2D eigenvalue weighted by Gasteiger charge is 2.20. The lowest BCUT2D eigenvalue weighted by Crippen LogP contribution is -2.30. The van der Waals surface area contributed by atoms with Crippen LogP contribution in [-0.2, 0) is 0 Å². The highest BCUT2D eigenvalue weighted by Crippen LogP contribution is 2.33. The molecule has 41 heavy (non-hydrogen) atoms. The van der Waals surface area contributed by atoms with E-state index >= 15 is 0 Å². The van der Waals surface area contributed by atoms with Crippen molar-refractivity contribution in [2.24, 2.45) is 5.73 Å². The van der Waals surface area contributed by atoms with Gasteiger partial charge in [-0.3, -0.25) is 20.0 Å². The van der Waals surface area contributed by atoms with Crippen molar-refractivity contribution >= 4 is 56.4 Å². The lowest BCUT2D eigenvalue weighted by molar-refractivity contribution is -0.333. The number of hydrogen-bond acceptors (Lipinski definition) is 6. The molecule has 3 aromatic carbocycles. The summed E-state index contributed by atoms with van der Waals surface area (Å²) in [5, 5.41) is 9.51. The summed E-state index contributed by atoms with van der Waals surface area (Å²) in [7, 11) is 1.67. The van der Waals surface area contributed by atoms with E-state index in [4.69, 9.17) is 15.5 Å². The van der Waals surface area contributed by atoms with E-state index in [1.54, 1.807) is 13.2 Å². The van der Waals surface area contributed by atoms with Gasteiger partial charge < -0.3 is 15.8 Å². The van der Waals surface area contributed by atoms with Crippen molar-refractivity contribution in [1.82, 2.24) is 14.9 Å². The quantitative estimate of drug-likeness (QED) is 0.190. The Kier molecular flexibility index (Phi) is 7.26. The smallest absolute Gasteiger partial charge is 0.351 e. The van der Waals surface area contributed by atoms with E-state index < -0.39 is 5.91 Å². The number of benzene rings is 3. The summed E-state index contributed by atoms with van der Waals surface area (Å²) >= 11 is 0. The van der Waals surface area contributed by atoms with Crippen molar-refractivity contribution < 1.29 is 14.5 Å². The van der Waals surface area contributed by atoms with Gasteiger partial charge >= 0.3 is 5.95 Å². The van der Waals surface area contributed by atoms with Crippen LogP contribution >= 0.6 is 0 Å². The van der Waals surface area contributed by atoms with Gasteiger partial charge in [-0.2, -0.15) is 0 Å². The second kappa shape index (κ2) is 11.3. The van der Waals surface area contributed by atoms with Gasteiger partial charge in [0.2, 0.25) is 11.5 Å². The molecule has 9 heteroatoms. The molecule has 3 heterocycles. The van der Waals surface area contributed by atoms with Crippen LogP contribution in [0, 0.1) is 0 Å². The molecule has 9 nitrogen and oxygen atoms in total. The highest BCUT2D eigenvalue weighted by molar-refractivity contribution is 6.05. The third-order valence-corrected chi connectivity index (χ3v) is 7.47. The molecule has 0 atom stereocenters. The number of fused-ring (bicyclic) bond motifs is 2. The largest absolute Gasteiger partial charge is 0.493 e. The standard InChI is InChI=1S/C32H33N7O2/c1-3-14-39-15-6-9-23(19-39)22-10-11-26(28(18-22)41-2)36-32-37-30-24(12-13-34-30)31(38-32)35-27-17-21-8-5-4-7-20(21)16-25(27)29(33)40/h4-5,7-13,16-18H,3,6,14-15,19H2,1-2H3,(H2,33,40)(H3,34,35,36,37,38)/p+1. The maximum atomic E-state index is 12.4. The molecule has 5 aromatic rings. The molecular formula is C32H34N7O2+. The number of amides is 1. The van der Waals surface area contributed by atoms with Gasteiger partial charge in [0.1, 0.15) is 5.69 Å². The Labute approximate surface area is 238 Å². The maximum Gasteiger partial charge on any atom is 0.351 e. The summed E-state index contributed by atoms with van der Waals surface area (Å²) in [6, 6.07) is 19.7. The second-order valence-corrected chi connectivity index (χ2v) is 10.3. The van der Waals surface area contributed by atoms with Gasteiger partial charge in [-0.15, -0.1) is 0 Å². The van der Waals surface area contributed by atoms with Crippen molar-refractivity contribution in [2.45, 2.75) is 19.8 Å². The predicted octanol–water partition coefficient (Wildman–Crippen LogP) is 5.62. The Bertz CT molecular complexity index is 1780. The number of aromatic nitrogens is 3. The predicted molar refractivity (Wildman–Crippen MR) is 164 cm³/mol. The Hall–Kier alpha value is -4.89. The number of nitrogens with zero attached hydrogens (tertiary/aromatic N) is 2. The zero-order valence-corrected chi connectivity index (χ0v) is 23.3. The van der Waals surface area contributed by atoms with Crippen LogP contribution in [-0.4, -0.2) is 47.5 Å². The molecule has 0 unspecified atom stereocenters. The minimum Gasteiger partial charge on any atom is -0.493 e. The first kappa shape index (κ1) is 26.3. The van der Waals surface area contributed by atoms with Gasteiger partial charge in [0.25, 0.3) is 5.91 Å². The number of rotatable bonds is 9. The van der Waals surface area contributed by atoms with Crippen LogP contribution < -0.4 is 26.1 Å². The molecule has 6 rings (SSSR count). The van der Waals surface area contributed by atoms with Crippen LogP contribution in [0.15, 0.2) is 72.9 Å². The molecule has 6 N–H and O–H groups in total. The fourth-order valence-corrected chi connectivity index (χ4v) is 5.46. The van der Waals surface area contributed by atoms with E-state index in [1.165, 1.54) is 5.57 Å². The van der Waals surface area contributed by atoms with Crippen LogP contribution in [0.4, 0.5) is 23.1 Å². The van der Waals surface area contributed by atoms with Gasteiger partial charge in [-0.25, -0.2) is 4.98 Å². The zero-order chi connectivity index (χ0) is 28.3.